The molecule has 0 aliphatic heterocycles. The van der Waals surface area contributed by atoms with Crippen LogP contribution in [0.3, 0.4) is 0 Å². The number of aromatic nitrogens is 2. The van der Waals surface area contributed by atoms with Gasteiger partial charge >= 0.3 is 0 Å². The van der Waals surface area contributed by atoms with Gasteiger partial charge in [0.05, 0.1) is 11.0 Å². The maximum absolute atomic E-state index is 9.50. The fraction of sp³-hybridized carbons (Fsp3) is 0.500. The first-order valence-corrected chi connectivity index (χ1v) is 6.56. The van der Waals surface area contributed by atoms with Crippen molar-refractivity contribution < 1.29 is 5.11 Å². The quantitative estimate of drug-likeness (QED) is 0.799. The SMILES string of the molecule is CC1CCC(n2c(CO)nc3cc(N)ccc32)C1. The summed E-state index contributed by atoms with van der Waals surface area (Å²) in [7, 11) is 0. The van der Waals surface area contributed by atoms with E-state index in [2.05, 4.69) is 16.5 Å². The van der Waals surface area contributed by atoms with Gasteiger partial charge in [0.1, 0.15) is 12.4 Å². The fourth-order valence-electron chi connectivity index (χ4n) is 3.10. The number of nitrogen functional groups attached to an aromatic ring is 1. The third kappa shape index (κ3) is 1.77. The van der Waals surface area contributed by atoms with Crippen molar-refractivity contribution in [1.29, 1.82) is 0 Å². The first kappa shape index (κ1) is 11.5. The number of hydrogen-bond donors (Lipinski definition) is 2. The van der Waals surface area contributed by atoms with Gasteiger partial charge < -0.3 is 15.4 Å². The summed E-state index contributed by atoms with van der Waals surface area (Å²) in [5, 5.41) is 9.50. The first-order chi connectivity index (χ1) is 8.69. The van der Waals surface area contributed by atoms with Gasteiger partial charge in [0.2, 0.25) is 0 Å². The predicted molar refractivity (Wildman–Crippen MR) is 72.1 cm³/mol. The second-order valence-corrected chi connectivity index (χ2v) is 5.38. The highest BCUT2D eigenvalue weighted by Gasteiger charge is 2.26. The van der Waals surface area contributed by atoms with Crippen molar-refractivity contribution in [3.8, 4) is 0 Å². The van der Waals surface area contributed by atoms with Crippen LogP contribution in [-0.4, -0.2) is 14.7 Å². The Morgan fingerprint density at radius 1 is 1.44 bits per heavy atom. The van der Waals surface area contributed by atoms with E-state index in [0.29, 0.717) is 6.04 Å². The maximum Gasteiger partial charge on any atom is 0.135 e. The number of aliphatic hydroxyl groups is 1. The molecule has 0 saturated heterocycles. The Labute approximate surface area is 106 Å². The summed E-state index contributed by atoms with van der Waals surface area (Å²) in [5.41, 5.74) is 8.49. The second-order valence-electron chi connectivity index (χ2n) is 5.38. The van der Waals surface area contributed by atoms with E-state index >= 15 is 0 Å². The van der Waals surface area contributed by atoms with Gasteiger partial charge in [0.15, 0.2) is 0 Å². The summed E-state index contributed by atoms with van der Waals surface area (Å²) >= 11 is 0. The zero-order chi connectivity index (χ0) is 12.7. The highest BCUT2D eigenvalue weighted by molar-refractivity contribution is 5.79. The largest absolute Gasteiger partial charge is 0.399 e. The van der Waals surface area contributed by atoms with Crippen LogP contribution in [-0.2, 0) is 6.61 Å². The van der Waals surface area contributed by atoms with E-state index in [-0.39, 0.29) is 6.61 Å². The van der Waals surface area contributed by atoms with Gasteiger partial charge in [-0.05, 0) is 43.4 Å². The predicted octanol–water partition coefficient (Wildman–Crippen LogP) is 2.47. The Bertz CT molecular complexity index is 576. The number of fused-ring (bicyclic) bond motifs is 1. The smallest absolute Gasteiger partial charge is 0.135 e. The van der Waals surface area contributed by atoms with E-state index in [4.69, 9.17) is 5.73 Å². The topological polar surface area (TPSA) is 64.1 Å². The Balaban J connectivity index is 2.13. The van der Waals surface area contributed by atoms with Crippen molar-refractivity contribution in [2.75, 3.05) is 5.73 Å². The third-order valence-electron chi connectivity index (χ3n) is 3.96. The lowest BCUT2D eigenvalue weighted by Gasteiger charge is -2.16. The average Bonchev–Trinajstić information content (AvgIpc) is 2.91. The molecule has 1 fully saturated rings. The molecule has 2 unspecified atom stereocenters. The van der Waals surface area contributed by atoms with Crippen LogP contribution in [0.25, 0.3) is 11.0 Å². The van der Waals surface area contributed by atoms with Gasteiger partial charge in [0, 0.05) is 11.7 Å². The summed E-state index contributed by atoms with van der Waals surface area (Å²) < 4.78 is 2.21. The molecule has 0 amide bonds. The van der Waals surface area contributed by atoms with Crippen LogP contribution in [0.2, 0.25) is 0 Å². The molecule has 4 heteroatoms. The van der Waals surface area contributed by atoms with Crippen molar-refractivity contribution in [3.05, 3.63) is 24.0 Å². The molecule has 1 aliphatic rings. The lowest BCUT2D eigenvalue weighted by molar-refractivity contribution is 0.261. The second kappa shape index (κ2) is 4.28. The first-order valence-electron chi connectivity index (χ1n) is 6.56. The van der Waals surface area contributed by atoms with Crippen LogP contribution in [0.4, 0.5) is 5.69 Å². The minimum atomic E-state index is -0.0144. The number of imidazole rings is 1. The molecule has 1 aliphatic carbocycles. The number of hydrogen-bond acceptors (Lipinski definition) is 3. The van der Waals surface area contributed by atoms with Crippen molar-refractivity contribution in [3.63, 3.8) is 0 Å². The molecule has 2 aromatic rings. The van der Waals surface area contributed by atoms with Crippen molar-refractivity contribution in [2.24, 2.45) is 5.92 Å². The number of nitrogens with two attached hydrogens (primary N) is 1. The van der Waals surface area contributed by atoms with Crippen molar-refractivity contribution in [2.45, 2.75) is 38.8 Å². The molecule has 3 rings (SSSR count). The molecule has 0 radical (unpaired) electrons. The van der Waals surface area contributed by atoms with Gasteiger partial charge in [-0.25, -0.2) is 4.98 Å². The van der Waals surface area contributed by atoms with Gasteiger partial charge in [-0.15, -0.1) is 0 Å². The normalized spacial score (nSPS) is 23.9. The number of anilines is 1. The highest BCUT2D eigenvalue weighted by atomic mass is 16.3. The molecule has 1 heterocycles. The third-order valence-corrected chi connectivity index (χ3v) is 3.96. The Kier molecular flexibility index (Phi) is 2.74. The van der Waals surface area contributed by atoms with E-state index < -0.39 is 0 Å². The van der Waals surface area contributed by atoms with Crippen LogP contribution in [0, 0.1) is 5.92 Å². The minimum absolute atomic E-state index is 0.0144. The minimum Gasteiger partial charge on any atom is -0.399 e. The van der Waals surface area contributed by atoms with Crippen LogP contribution in [0.15, 0.2) is 18.2 Å². The summed E-state index contributed by atoms with van der Waals surface area (Å²) in [6, 6.07) is 6.26. The monoisotopic (exact) mass is 245 g/mol. The van der Waals surface area contributed by atoms with Crippen LogP contribution in [0.1, 0.15) is 38.1 Å². The molecule has 18 heavy (non-hydrogen) atoms. The van der Waals surface area contributed by atoms with Gasteiger partial charge in [-0.3, -0.25) is 0 Å². The molecule has 4 nitrogen and oxygen atoms in total. The Morgan fingerprint density at radius 2 is 2.28 bits per heavy atom. The van der Waals surface area contributed by atoms with Gasteiger partial charge in [-0.2, -0.15) is 0 Å². The zero-order valence-corrected chi connectivity index (χ0v) is 10.6. The molecule has 3 N–H and O–H groups in total. The number of aliphatic hydroxyl groups excluding tert-OH is 1. The fourth-order valence-corrected chi connectivity index (χ4v) is 3.10. The highest BCUT2D eigenvalue weighted by Crippen LogP contribution is 2.37. The molecule has 2 atom stereocenters. The van der Waals surface area contributed by atoms with E-state index in [1.807, 2.05) is 18.2 Å². The lowest BCUT2D eigenvalue weighted by Crippen LogP contribution is -2.09. The maximum atomic E-state index is 9.50. The van der Waals surface area contributed by atoms with Crippen molar-refractivity contribution in [1.82, 2.24) is 9.55 Å². The van der Waals surface area contributed by atoms with E-state index in [1.54, 1.807) is 0 Å². The summed E-state index contributed by atoms with van der Waals surface area (Å²) in [5.74, 6) is 1.52. The van der Waals surface area contributed by atoms with E-state index in [1.165, 1.54) is 19.3 Å². The van der Waals surface area contributed by atoms with Crippen LogP contribution < -0.4 is 5.73 Å². The van der Waals surface area contributed by atoms with Crippen molar-refractivity contribution >= 4 is 16.7 Å². The molecular weight excluding hydrogens is 226 g/mol. The summed E-state index contributed by atoms with van der Waals surface area (Å²) in [4.78, 5) is 4.49. The molecule has 0 bridgehead atoms. The van der Waals surface area contributed by atoms with Gasteiger partial charge in [0.25, 0.3) is 0 Å². The average molecular weight is 245 g/mol. The number of rotatable bonds is 2. The van der Waals surface area contributed by atoms with Crippen LogP contribution >= 0.6 is 0 Å². The molecule has 1 aromatic carbocycles. The Hall–Kier alpha value is -1.55. The van der Waals surface area contributed by atoms with Gasteiger partial charge in [-0.1, -0.05) is 6.92 Å². The lowest BCUT2D eigenvalue weighted by atomic mass is 10.1. The number of nitrogens with zero attached hydrogens (tertiary/aromatic N) is 2. The Morgan fingerprint density at radius 3 is 2.94 bits per heavy atom. The summed E-state index contributed by atoms with van der Waals surface area (Å²) in [6.45, 7) is 2.27. The zero-order valence-electron chi connectivity index (χ0n) is 10.6. The van der Waals surface area contributed by atoms with Crippen LogP contribution in [0.5, 0.6) is 0 Å². The standard InChI is InChI=1S/C14H19N3O/c1-9-2-4-11(6-9)17-13-5-3-10(15)7-12(13)16-14(17)8-18/h3,5,7,9,11,18H,2,4,6,8,15H2,1H3. The molecule has 96 valence electrons. The molecular formula is C14H19N3O. The van der Waals surface area contributed by atoms with E-state index in [0.717, 1.165) is 28.5 Å². The molecule has 0 spiro atoms. The number of benzene rings is 1. The molecule has 1 aromatic heterocycles. The van der Waals surface area contributed by atoms with E-state index in [9.17, 15) is 5.11 Å². The summed E-state index contributed by atoms with van der Waals surface area (Å²) in [6.07, 6.45) is 3.59. The molecule has 1 saturated carbocycles.